The monoisotopic (exact) mass is 512 g/mol. The molecule has 0 aromatic rings. The predicted molar refractivity (Wildman–Crippen MR) is 127 cm³/mol. The normalized spacial score (nSPS) is 15.6. The maximum atomic E-state index is 12.7. The van der Waals surface area contributed by atoms with E-state index in [1.807, 2.05) is 0 Å². The van der Waals surface area contributed by atoms with Gasteiger partial charge in [-0.2, -0.15) is 0 Å². The van der Waals surface area contributed by atoms with Crippen LogP contribution in [0.4, 0.5) is 9.59 Å². The van der Waals surface area contributed by atoms with Crippen LogP contribution < -0.4 is 26.6 Å². The van der Waals surface area contributed by atoms with Gasteiger partial charge in [0.2, 0.25) is 23.6 Å². The fraction of sp³-hybridized carbons (Fsp3) is 0.636. The van der Waals surface area contributed by atoms with Gasteiger partial charge in [0.05, 0.1) is 25.7 Å². The number of amides is 6. The van der Waals surface area contributed by atoms with Gasteiger partial charge < -0.3 is 36.1 Å². The van der Waals surface area contributed by atoms with Crippen LogP contribution in [-0.4, -0.2) is 86.1 Å². The molecule has 0 saturated carbocycles. The fourth-order valence-corrected chi connectivity index (χ4v) is 3.28. The molecule has 2 atom stereocenters. The Labute approximate surface area is 209 Å². The average molecular weight is 513 g/mol. The van der Waals surface area contributed by atoms with Crippen molar-refractivity contribution in [1.29, 1.82) is 0 Å². The Morgan fingerprint density at radius 1 is 1.06 bits per heavy atom. The van der Waals surface area contributed by atoms with Crippen molar-refractivity contribution in [2.75, 3.05) is 33.4 Å². The van der Waals surface area contributed by atoms with Crippen molar-refractivity contribution >= 4 is 35.8 Å². The molecule has 0 aromatic heterocycles. The van der Waals surface area contributed by atoms with E-state index in [2.05, 4.69) is 33.2 Å². The van der Waals surface area contributed by atoms with Crippen LogP contribution in [0.15, 0.2) is 12.4 Å². The van der Waals surface area contributed by atoms with Crippen molar-refractivity contribution < 1.29 is 38.2 Å². The van der Waals surface area contributed by atoms with E-state index in [4.69, 9.17) is 9.47 Å². The molecule has 1 rings (SSSR count). The quantitative estimate of drug-likeness (QED) is 0.142. The highest BCUT2D eigenvalue weighted by atomic mass is 16.6. The van der Waals surface area contributed by atoms with E-state index in [9.17, 15) is 28.8 Å². The molecule has 14 heteroatoms. The van der Waals surface area contributed by atoms with Crippen LogP contribution in [-0.2, 0) is 28.7 Å². The number of carbonyl (C=O) groups excluding carboxylic acids is 6. The Bertz CT molecular complexity index is 833. The lowest BCUT2D eigenvalue weighted by Crippen LogP contribution is -2.48. The number of hydrogen-bond acceptors (Lipinski definition) is 9. The van der Waals surface area contributed by atoms with Gasteiger partial charge in [-0.15, -0.1) is 0 Å². The molecule has 0 spiro atoms. The summed E-state index contributed by atoms with van der Waals surface area (Å²) in [6.45, 7) is 7.49. The second-order valence-corrected chi connectivity index (χ2v) is 7.76. The van der Waals surface area contributed by atoms with Crippen molar-refractivity contribution in [3.05, 3.63) is 12.4 Å². The van der Waals surface area contributed by atoms with E-state index in [-0.39, 0.29) is 50.7 Å². The minimum absolute atomic E-state index is 0.0352. The van der Waals surface area contributed by atoms with Gasteiger partial charge in [-0.3, -0.25) is 24.1 Å². The van der Waals surface area contributed by atoms with Crippen LogP contribution in [0.2, 0.25) is 0 Å². The number of ether oxygens (including phenoxy) is 2. The zero-order valence-electron chi connectivity index (χ0n) is 20.9. The Morgan fingerprint density at radius 2 is 1.72 bits per heavy atom. The Morgan fingerprint density at radius 3 is 2.33 bits per heavy atom. The molecule has 1 aliphatic heterocycles. The first kappa shape index (κ1) is 30.4. The molecular formula is C22H36N6O8. The summed E-state index contributed by atoms with van der Waals surface area (Å²) in [6, 6.07) is -1.58. The molecule has 6 amide bonds. The van der Waals surface area contributed by atoms with Crippen LogP contribution in [0.25, 0.3) is 0 Å². The third kappa shape index (κ3) is 10.7. The molecule has 1 aliphatic rings. The smallest absolute Gasteiger partial charge is 0.407 e. The van der Waals surface area contributed by atoms with Crippen LogP contribution in [0.3, 0.4) is 0 Å². The number of carbonyl (C=O) groups is 6. The van der Waals surface area contributed by atoms with Crippen LogP contribution in [0, 0.1) is 0 Å². The summed E-state index contributed by atoms with van der Waals surface area (Å²) in [5.41, 5.74) is 0. The van der Waals surface area contributed by atoms with Gasteiger partial charge in [-0.25, -0.2) is 9.59 Å². The van der Waals surface area contributed by atoms with Crippen molar-refractivity contribution in [1.82, 2.24) is 31.5 Å². The third-order valence-corrected chi connectivity index (χ3v) is 5.07. The lowest BCUT2D eigenvalue weighted by atomic mass is 10.1. The number of alkyl carbamates (subject to hydrolysis) is 2. The van der Waals surface area contributed by atoms with Crippen molar-refractivity contribution in [3.63, 3.8) is 0 Å². The number of unbranched alkanes of at least 4 members (excludes halogenated alkanes) is 1. The molecule has 2 unspecified atom stereocenters. The molecule has 0 radical (unpaired) electrons. The van der Waals surface area contributed by atoms with Gasteiger partial charge in [0.25, 0.3) is 0 Å². The topological polar surface area (TPSA) is 184 Å². The number of rotatable bonds is 15. The van der Waals surface area contributed by atoms with Gasteiger partial charge in [0.1, 0.15) is 11.9 Å². The van der Waals surface area contributed by atoms with E-state index in [0.717, 1.165) is 4.90 Å². The highest BCUT2D eigenvalue weighted by Gasteiger charge is 2.37. The van der Waals surface area contributed by atoms with Gasteiger partial charge >= 0.3 is 12.2 Å². The van der Waals surface area contributed by atoms with E-state index >= 15 is 0 Å². The summed E-state index contributed by atoms with van der Waals surface area (Å²) in [7, 11) is 1.57. The molecule has 14 nitrogen and oxygen atoms in total. The number of likely N-dealkylation sites (tertiary alicyclic amines) is 1. The number of nitrogens with zero attached hydrogens (tertiary/aromatic N) is 1. The zero-order valence-corrected chi connectivity index (χ0v) is 20.9. The zero-order chi connectivity index (χ0) is 27.1. The number of imide groups is 1. The Kier molecular flexibility index (Phi) is 13.6. The lowest BCUT2D eigenvalue weighted by molar-refractivity contribution is -0.139. The van der Waals surface area contributed by atoms with Gasteiger partial charge in [-0.05, 0) is 40.2 Å². The third-order valence-electron chi connectivity index (χ3n) is 5.07. The van der Waals surface area contributed by atoms with Crippen LogP contribution >= 0.6 is 0 Å². The summed E-state index contributed by atoms with van der Waals surface area (Å²) in [5.74, 6) is -2.09. The van der Waals surface area contributed by atoms with E-state index in [1.54, 1.807) is 20.9 Å². The van der Waals surface area contributed by atoms with Crippen molar-refractivity contribution in [2.45, 2.75) is 58.0 Å². The molecule has 0 aliphatic carbocycles. The molecule has 36 heavy (non-hydrogen) atoms. The van der Waals surface area contributed by atoms with Crippen LogP contribution in [0.5, 0.6) is 0 Å². The largest absolute Gasteiger partial charge is 0.450 e. The van der Waals surface area contributed by atoms with E-state index in [1.165, 1.54) is 0 Å². The molecule has 0 bridgehead atoms. The SMILES string of the molecule is C=C(NC(=O)CCN1C(=O)CC(NC)C1=O)NC(=O)C(CCCCNC(=O)OCC)NC(=O)OCC. The summed E-state index contributed by atoms with van der Waals surface area (Å²) >= 11 is 0. The molecule has 1 fully saturated rings. The molecule has 0 aromatic carbocycles. The summed E-state index contributed by atoms with van der Waals surface area (Å²) in [5, 5.41) is 12.6. The van der Waals surface area contributed by atoms with Gasteiger partial charge in [0.15, 0.2) is 0 Å². The van der Waals surface area contributed by atoms with E-state index < -0.39 is 42.0 Å². The first-order valence-electron chi connectivity index (χ1n) is 11.8. The Balaban J connectivity index is 2.52. The highest BCUT2D eigenvalue weighted by molar-refractivity contribution is 6.05. The first-order valence-corrected chi connectivity index (χ1v) is 11.8. The van der Waals surface area contributed by atoms with Gasteiger partial charge in [0, 0.05) is 19.5 Å². The number of likely N-dealkylation sites (N-methyl/N-ethyl adjacent to an activating group) is 1. The van der Waals surface area contributed by atoms with Crippen LogP contribution in [0.1, 0.15) is 46.0 Å². The number of hydrogen-bond donors (Lipinski definition) is 5. The Hall–Kier alpha value is -3.68. The molecular weight excluding hydrogens is 476 g/mol. The highest BCUT2D eigenvalue weighted by Crippen LogP contribution is 2.13. The minimum atomic E-state index is -0.987. The molecule has 202 valence electrons. The first-order chi connectivity index (χ1) is 17.1. The molecule has 1 saturated heterocycles. The maximum absolute atomic E-state index is 12.7. The summed E-state index contributed by atoms with van der Waals surface area (Å²) in [4.78, 5) is 73.0. The maximum Gasteiger partial charge on any atom is 0.407 e. The second-order valence-electron chi connectivity index (χ2n) is 7.76. The fourth-order valence-electron chi connectivity index (χ4n) is 3.28. The standard InChI is InChI=1S/C22H36N6O8/c1-5-35-21(33)24-11-8-7-9-15(27-22(34)36-6-2)19(31)26-14(3)25-17(29)10-12-28-18(30)13-16(23-4)20(28)32/h15-16,23H,3,5-13H2,1-2,4H3,(H,24,33)(H,25,29)(H,26,31)(H,27,34). The number of nitrogens with one attached hydrogen (secondary N) is 5. The predicted octanol–water partition coefficient (Wildman–Crippen LogP) is -0.542. The van der Waals surface area contributed by atoms with E-state index in [0.29, 0.717) is 19.4 Å². The second kappa shape index (κ2) is 16.1. The molecule has 1 heterocycles. The van der Waals surface area contributed by atoms with Crippen molar-refractivity contribution in [2.24, 2.45) is 0 Å². The van der Waals surface area contributed by atoms with Gasteiger partial charge in [-0.1, -0.05) is 6.58 Å². The minimum Gasteiger partial charge on any atom is -0.450 e. The lowest BCUT2D eigenvalue weighted by Gasteiger charge is -2.19. The average Bonchev–Trinajstić information content (AvgIpc) is 3.09. The summed E-state index contributed by atoms with van der Waals surface area (Å²) < 4.78 is 9.59. The summed E-state index contributed by atoms with van der Waals surface area (Å²) in [6.07, 6.45) is -0.245. The molecule has 5 N–H and O–H groups in total. The van der Waals surface area contributed by atoms with Crippen molar-refractivity contribution in [3.8, 4) is 0 Å².